The number of alkyl halides is 3. The van der Waals surface area contributed by atoms with E-state index in [2.05, 4.69) is 20.0 Å². The van der Waals surface area contributed by atoms with Crippen LogP contribution >= 0.6 is 0 Å². The zero-order valence-corrected chi connectivity index (χ0v) is 18.3. The van der Waals surface area contributed by atoms with E-state index in [-0.39, 0.29) is 43.9 Å². The summed E-state index contributed by atoms with van der Waals surface area (Å²) in [5.41, 5.74) is 0.597. The third-order valence-corrected chi connectivity index (χ3v) is 5.27. The highest BCUT2D eigenvalue weighted by molar-refractivity contribution is 5.94. The van der Waals surface area contributed by atoms with Crippen molar-refractivity contribution in [3.8, 4) is 5.75 Å². The number of esters is 1. The summed E-state index contributed by atoms with van der Waals surface area (Å²) >= 11 is 0. The number of aliphatic hydroxyl groups is 1. The van der Waals surface area contributed by atoms with Crippen molar-refractivity contribution < 1.29 is 41.7 Å². The number of anilines is 2. The molecule has 35 heavy (non-hydrogen) atoms. The zero-order chi connectivity index (χ0) is 24.8. The Hall–Kier alpha value is -3.84. The highest BCUT2D eigenvalue weighted by atomic mass is 19.4. The molecule has 13 heteroatoms. The third-order valence-electron chi connectivity index (χ3n) is 5.27. The number of nitrogens with one attached hydrogen (secondary N) is 1. The molecule has 184 valence electrons. The van der Waals surface area contributed by atoms with Gasteiger partial charge in [0.05, 0.1) is 43.0 Å². The van der Waals surface area contributed by atoms with Crippen molar-refractivity contribution in [1.82, 2.24) is 14.5 Å². The first-order valence-corrected chi connectivity index (χ1v) is 10.5. The predicted molar refractivity (Wildman–Crippen MR) is 115 cm³/mol. The maximum Gasteiger partial charge on any atom is 0.573 e. The Labute approximate surface area is 195 Å². The van der Waals surface area contributed by atoms with E-state index in [1.807, 2.05) is 0 Å². The van der Waals surface area contributed by atoms with Crippen molar-refractivity contribution in [3.63, 3.8) is 0 Å². The van der Waals surface area contributed by atoms with Gasteiger partial charge in [-0.15, -0.1) is 13.2 Å². The Bertz CT molecular complexity index is 1410. The SMILES string of the molecule is CCOC(=O)c1ccc2c(c1)nc(Nc1nc3ccc(OC(F)(F)F)cc3o1)n2CC1(O)COC1. The van der Waals surface area contributed by atoms with Crippen LogP contribution in [-0.2, 0) is 16.0 Å². The first kappa shape index (κ1) is 22.9. The lowest BCUT2D eigenvalue weighted by Gasteiger charge is -2.36. The second-order valence-electron chi connectivity index (χ2n) is 7.98. The number of hydrogen-bond acceptors (Lipinski definition) is 9. The molecule has 10 nitrogen and oxygen atoms in total. The highest BCUT2D eigenvalue weighted by Crippen LogP contribution is 2.31. The van der Waals surface area contributed by atoms with Gasteiger partial charge in [0.15, 0.2) is 5.58 Å². The number of rotatable bonds is 7. The van der Waals surface area contributed by atoms with E-state index in [0.717, 1.165) is 12.1 Å². The van der Waals surface area contributed by atoms with Gasteiger partial charge in [-0.2, -0.15) is 4.98 Å². The molecule has 1 aliphatic heterocycles. The van der Waals surface area contributed by atoms with Gasteiger partial charge in [-0.1, -0.05) is 0 Å². The van der Waals surface area contributed by atoms with Crippen LogP contribution in [-0.4, -0.2) is 57.4 Å². The Morgan fingerprint density at radius 1 is 1.20 bits per heavy atom. The van der Waals surface area contributed by atoms with Crippen LogP contribution in [0.25, 0.3) is 22.1 Å². The van der Waals surface area contributed by atoms with Gasteiger partial charge in [0.1, 0.15) is 16.9 Å². The fraction of sp³-hybridized carbons (Fsp3) is 0.318. The number of carbonyl (C=O) groups excluding carboxylic acids is 1. The molecular formula is C22H19F3N4O6. The van der Waals surface area contributed by atoms with Crippen molar-refractivity contribution in [2.24, 2.45) is 0 Å². The number of ether oxygens (including phenoxy) is 3. The van der Waals surface area contributed by atoms with Crippen LogP contribution in [0.5, 0.6) is 5.75 Å². The molecule has 0 bridgehead atoms. The Morgan fingerprint density at radius 2 is 2.00 bits per heavy atom. The quantitative estimate of drug-likeness (QED) is 0.372. The summed E-state index contributed by atoms with van der Waals surface area (Å²) in [5.74, 6) is -0.710. The van der Waals surface area contributed by atoms with Gasteiger partial charge in [0.25, 0.3) is 0 Å². The van der Waals surface area contributed by atoms with Crippen LogP contribution in [0.2, 0.25) is 0 Å². The third kappa shape index (κ3) is 4.72. The van der Waals surface area contributed by atoms with E-state index in [1.54, 1.807) is 29.7 Å². The minimum Gasteiger partial charge on any atom is -0.462 e. The summed E-state index contributed by atoms with van der Waals surface area (Å²) in [7, 11) is 0. The fourth-order valence-electron chi connectivity index (χ4n) is 3.70. The maximum atomic E-state index is 12.5. The summed E-state index contributed by atoms with van der Waals surface area (Å²) in [4.78, 5) is 20.9. The van der Waals surface area contributed by atoms with Gasteiger partial charge < -0.3 is 28.3 Å². The van der Waals surface area contributed by atoms with Crippen molar-refractivity contribution >= 4 is 40.1 Å². The Balaban J connectivity index is 1.50. The van der Waals surface area contributed by atoms with E-state index in [4.69, 9.17) is 13.9 Å². The average Bonchev–Trinajstić information content (AvgIpc) is 3.31. The molecule has 3 heterocycles. The minimum atomic E-state index is -4.84. The van der Waals surface area contributed by atoms with Gasteiger partial charge in [-0.05, 0) is 37.3 Å². The standard InChI is InChI=1S/C22H19F3N4O6/c1-2-33-18(30)12-3-6-16-15(7-12)26-19(29(16)9-21(31)10-32-11-21)28-20-27-14-5-4-13(8-17(14)34-20)35-22(23,24)25/h3-8,31H,2,9-11H2,1H3,(H,26,27,28). The molecule has 2 aromatic heterocycles. The summed E-state index contributed by atoms with van der Waals surface area (Å²) < 4.78 is 58.9. The lowest BCUT2D eigenvalue weighted by molar-refractivity contribution is -0.274. The second kappa shape index (κ2) is 8.43. The molecule has 4 aromatic rings. The van der Waals surface area contributed by atoms with Gasteiger partial charge in [0, 0.05) is 6.07 Å². The van der Waals surface area contributed by atoms with E-state index < -0.39 is 23.7 Å². The molecule has 1 saturated heterocycles. The average molecular weight is 492 g/mol. The molecule has 0 saturated carbocycles. The molecule has 0 radical (unpaired) electrons. The molecule has 5 rings (SSSR count). The maximum absolute atomic E-state index is 12.5. The summed E-state index contributed by atoms with van der Waals surface area (Å²) in [5, 5.41) is 13.6. The number of fused-ring (bicyclic) bond motifs is 2. The lowest BCUT2D eigenvalue weighted by atomic mass is 10.0. The van der Waals surface area contributed by atoms with Gasteiger partial charge >= 0.3 is 18.3 Å². The summed E-state index contributed by atoms with van der Waals surface area (Å²) in [6.45, 7) is 2.32. The summed E-state index contributed by atoms with van der Waals surface area (Å²) in [6, 6.07) is 8.31. The first-order valence-electron chi connectivity index (χ1n) is 10.5. The molecule has 0 amide bonds. The van der Waals surface area contributed by atoms with Crippen molar-refractivity contribution in [2.45, 2.75) is 25.4 Å². The fourth-order valence-corrected chi connectivity index (χ4v) is 3.70. The van der Waals surface area contributed by atoms with Crippen LogP contribution in [0.1, 0.15) is 17.3 Å². The van der Waals surface area contributed by atoms with Crippen LogP contribution < -0.4 is 10.1 Å². The van der Waals surface area contributed by atoms with Crippen LogP contribution in [0.4, 0.5) is 25.1 Å². The monoisotopic (exact) mass is 492 g/mol. The van der Waals surface area contributed by atoms with E-state index in [0.29, 0.717) is 22.1 Å². The Morgan fingerprint density at radius 3 is 2.69 bits per heavy atom. The normalized spacial score (nSPS) is 15.2. The molecule has 2 N–H and O–H groups in total. The van der Waals surface area contributed by atoms with E-state index in [9.17, 15) is 23.1 Å². The largest absolute Gasteiger partial charge is 0.573 e. The van der Waals surface area contributed by atoms with Gasteiger partial charge in [-0.25, -0.2) is 9.78 Å². The van der Waals surface area contributed by atoms with Crippen LogP contribution in [0, 0.1) is 0 Å². The molecule has 0 atom stereocenters. The topological polar surface area (TPSA) is 121 Å². The molecule has 0 aliphatic carbocycles. The predicted octanol–water partition coefficient (Wildman–Crippen LogP) is 3.76. The van der Waals surface area contributed by atoms with Crippen molar-refractivity contribution in [1.29, 1.82) is 0 Å². The smallest absolute Gasteiger partial charge is 0.462 e. The molecular weight excluding hydrogens is 473 g/mol. The minimum absolute atomic E-state index is 0.0387. The number of halogens is 3. The number of imidazole rings is 1. The van der Waals surface area contributed by atoms with Gasteiger partial charge in [0.2, 0.25) is 5.95 Å². The van der Waals surface area contributed by atoms with Crippen LogP contribution in [0.15, 0.2) is 40.8 Å². The van der Waals surface area contributed by atoms with E-state index in [1.165, 1.54) is 6.07 Å². The number of carbonyl (C=O) groups is 1. The van der Waals surface area contributed by atoms with Crippen LogP contribution in [0.3, 0.4) is 0 Å². The lowest BCUT2D eigenvalue weighted by Crippen LogP contribution is -2.52. The highest BCUT2D eigenvalue weighted by Gasteiger charge is 2.38. The molecule has 2 aromatic carbocycles. The molecule has 1 aliphatic rings. The molecule has 1 fully saturated rings. The molecule has 0 spiro atoms. The number of oxazole rings is 1. The van der Waals surface area contributed by atoms with Gasteiger partial charge in [-0.3, -0.25) is 5.32 Å². The summed E-state index contributed by atoms with van der Waals surface area (Å²) in [6.07, 6.45) is -4.84. The van der Waals surface area contributed by atoms with Crippen molar-refractivity contribution in [3.05, 3.63) is 42.0 Å². The Kier molecular flexibility index (Phi) is 5.52. The number of hydrogen-bond donors (Lipinski definition) is 2. The number of nitrogens with zero attached hydrogens (tertiary/aromatic N) is 3. The number of aromatic nitrogens is 3. The van der Waals surface area contributed by atoms with E-state index >= 15 is 0 Å². The second-order valence-corrected chi connectivity index (χ2v) is 7.98. The zero-order valence-electron chi connectivity index (χ0n) is 18.3. The van der Waals surface area contributed by atoms with Crippen molar-refractivity contribution in [2.75, 3.05) is 25.1 Å². The number of benzene rings is 2. The molecule has 0 unspecified atom stereocenters. The first-order chi connectivity index (χ1) is 16.6.